The number of aromatic nitrogens is 2. The largest absolute Gasteiger partial charge is 0.324 e. The summed E-state index contributed by atoms with van der Waals surface area (Å²) in [6.07, 6.45) is 2.60. The molecule has 1 N–H and O–H groups in total. The number of fused-ring (bicyclic) bond motifs is 1. The Kier molecular flexibility index (Phi) is 5.51. The number of nitrogens with zero attached hydrogens (tertiary/aromatic N) is 3. The van der Waals surface area contributed by atoms with Gasteiger partial charge in [-0.3, -0.25) is 14.5 Å². The van der Waals surface area contributed by atoms with Crippen LogP contribution in [0.1, 0.15) is 17.7 Å². The van der Waals surface area contributed by atoms with E-state index < -0.39 is 0 Å². The maximum atomic E-state index is 12.6. The van der Waals surface area contributed by atoms with Gasteiger partial charge in [0, 0.05) is 17.8 Å². The number of thiocarbonyl (C=S) groups is 1. The van der Waals surface area contributed by atoms with E-state index in [0.717, 1.165) is 4.88 Å². The van der Waals surface area contributed by atoms with Crippen LogP contribution in [0, 0.1) is 0 Å². The average Bonchev–Trinajstić information content (AvgIpc) is 3.40. The second-order valence-electron chi connectivity index (χ2n) is 5.94. The summed E-state index contributed by atoms with van der Waals surface area (Å²) in [7, 11) is 0. The number of nitrogens with one attached hydrogen (secondary N) is 1. The lowest BCUT2D eigenvalue weighted by Gasteiger charge is -2.14. The second-order valence-corrected chi connectivity index (χ2v) is 8.59. The van der Waals surface area contributed by atoms with Crippen molar-refractivity contribution in [3.8, 4) is 0 Å². The molecule has 7 nitrogen and oxygen atoms in total. The molecule has 1 aromatic carbocycles. The summed E-state index contributed by atoms with van der Waals surface area (Å²) < 4.78 is 5.21. The van der Waals surface area contributed by atoms with Crippen LogP contribution in [-0.2, 0) is 9.59 Å². The summed E-state index contributed by atoms with van der Waals surface area (Å²) in [6, 6.07) is 9.14. The minimum atomic E-state index is -0.171. The topological polar surface area (TPSA) is 88.3 Å². The van der Waals surface area contributed by atoms with Crippen molar-refractivity contribution in [1.82, 2.24) is 15.2 Å². The van der Waals surface area contributed by atoms with Crippen LogP contribution in [-0.4, -0.2) is 37.9 Å². The van der Waals surface area contributed by atoms with Crippen molar-refractivity contribution in [3.05, 3.63) is 45.5 Å². The van der Waals surface area contributed by atoms with Crippen LogP contribution in [0.3, 0.4) is 0 Å². The van der Waals surface area contributed by atoms with E-state index in [-0.39, 0.29) is 18.2 Å². The highest BCUT2D eigenvalue weighted by Crippen LogP contribution is 2.33. The first kappa shape index (κ1) is 18.8. The van der Waals surface area contributed by atoms with Crippen molar-refractivity contribution >= 4 is 74.2 Å². The number of carbonyl (C=O) groups excluding carboxylic acids is 2. The highest BCUT2D eigenvalue weighted by atomic mass is 32.2. The molecule has 0 bridgehead atoms. The molecule has 0 atom stereocenters. The van der Waals surface area contributed by atoms with E-state index in [2.05, 4.69) is 15.6 Å². The normalized spacial score (nSPS) is 15.7. The summed E-state index contributed by atoms with van der Waals surface area (Å²) in [5, 5.41) is 12.3. The molecule has 2 aromatic heterocycles. The first-order valence-electron chi connectivity index (χ1n) is 8.42. The third-order valence-electron chi connectivity index (χ3n) is 4.04. The molecule has 142 valence electrons. The molecule has 4 rings (SSSR count). The number of carbonyl (C=O) groups is 2. The van der Waals surface area contributed by atoms with Crippen LogP contribution in [0.2, 0.25) is 0 Å². The second kappa shape index (κ2) is 8.21. The van der Waals surface area contributed by atoms with Crippen molar-refractivity contribution in [2.24, 2.45) is 0 Å². The van der Waals surface area contributed by atoms with Gasteiger partial charge in [0.1, 0.15) is 9.84 Å². The van der Waals surface area contributed by atoms with Gasteiger partial charge in [-0.15, -0.1) is 11.3 Å². The number of thiophene rings is 1. The van der Waals surface area contributed by atoms with Crippen LogP contribution in [0.5, 0.6) is 0 Å². The molecule has 3 heterocycles. The van der Waals surface area contributed by atoms with Gasteiger partial charge in [-0.25, -0.2) is 4.63 Å². The summed E-state index contributed by atoms with van der Waals surface area (Å²) in [5.74, 6) is -0.280. The zero-order valence-electron chi connectivity index (χ0n) is 14.5. The van der Waals surface area contributed by atoms with Crippen molar-refractivity contribution < 1.29 is 14.2 Å². The van der Waals surface area contributed by atoms with Gasteiger partial charge in [0.25, 0.3) is 5.91 Å². The van der Waals surface area contributed by atoms with E-state index in [1.165, 1.54) is 11.8 Å². The Morgan fingerprint density at radius 1 is 1.29 bits per heavy atom. The fourth-order valence-electron chi connectivity index (χ4n) is 2.71. The number of amides is 2. The molecular weight excluding hydrogens is 416 g/mol. The molecule has 0 spiro atoms. The van der Waals surface area contributed by atoms with Crippen LogP contribution < -0.4 is 5.32 Å². The average molecular weight is 431 g/mol. The summed E-state index contributed by atoms with van der Waals surface area (Å²) in [6.45, 7) is 0.398. The minimum Gasteiger partial charge on any atom is -0.324 e. The van der Waals surface area contributed by atoms with E-state index in [1.54, 1.807) is 34.4 Å². The Morgan fingerprint density at radius 3 is 3.00 bits per heavy atom. The predicted octanol–water partition coefficient (Wildman–Crippen LogP) is 3.90. The van der Waals surface area contributed by atoms with Gasteiger partial charge in [0.2, 0.25) is 5.91 Å². The lowest BCUT2D eigenvalue weighted by Crippen LogP contribution is -2.29. The lowest BCUT2D eigenvalue weighted by atomic mass is 10.2. The first-order valence-corrected chi connectivity index (χ1v) is 10.5. The molecule has 2 amide bonds. The molecule has 10 heteroatoms. The maximum Gasteiger partial charge on any atom is 0.266 e. The summed E-state index contributed by atoms with van der Waals surface area (Å²) in [5.41, 5.74) is 1.63. The van der Waals surface area contributed by atoms with E-state index in [4.69, 9.17) is 16.8 Å². The van der Waals surface area contributed by atoms with E-state index >= 15 is 0 Å². The standard InChI is InChI=1S/C18H14N4O3S3/c23-15(19-12-5-1-6-13-16(12)21-25-20-13)7-2-8-22-17(24)14(28-18(22)26)10-11-4-3-9-27-11/h1,3-6,9-10H,2,7-8H2,(H,19,23)/b14-10-. The van der Waals surface area contributed by atoms with Crippen molar-refractivity contribution in [3.63, 3.8) is 0 Å². The Balaban J connectivity index is 1.32. The van der Waals surface area contributed by atoms with Gasteiger partial charge >= 0.3 is 0 Å². The third-order valence-corrected chi connectivity index (χ3v) is 6.23. The Bertz CT molecular complexity index is 1070. The van der Waals surface area contributed by atoms with Crippen LogP contribution in [0.25, 0.3) is 17.1 Å². The molecule has 1 fully saturated rings. The van der Waals surface area contributed by atoms with Crippen molar-refractivity contribution in [2.45, 2.75) is 12.8 Å². The molecule has 0 radical (unpaired) electrons. The third kappa shape index (κ3) is 3.98. The van der Waals surface area contributed by atoms with Gasteiger partial charge in [0.05, 0.1) is 10.6 Å². The van der Waals surface area contributed by atoms with E-state index in [9.17, 15) is 9.59 Å². The van der Waals surface area contributed by atoms with Gasteiger partial charge in [0.15, 0.2) is 5.52 Å². The highest BCUT2D eigenvalue weighted by molar-refractivity contribution is 8.26. The van der Waals surface area contributed by atoms with Crippen LogP contribution >= 0.6 is 35.3 Å². The monoisotopic (exact) mass is 430 g/mol. The smallest absolute Gasteiger partial charge is 0.266 e. The Labute approximate surface area is 173 Å². The number of hydrogen-bond acceptors (Lipinski definition) is 8. The molecule has 1 aliphatic rings. The number of benzene rings is 1. The van der Waals surface area contributed by atoms with Crippen LogP contribution in [0.4, 0.5) is 5.69 Å². The molecule has 3 aromatic rings. The number of rotatable bonds is 6. The van der Waals surface area contributed by atoms with E-state index in [0.29, 0.717) is 38.9 Å². The minimum absolute atomic E-state index is 0.109. The summed E-state index contributed by atoms with van der Waals surface area (Å²) in [4.78, 5) is 28.0. The molecule has 0 unspecified atom stereocenters. The zero-order chi connectivity index (χ0) is 19.5. The van der Waals surface area contributed by atoms with E-state index in [1.807, 2.05) is 23.6 Å². The van der Waals surface area contributed by atoms with Crippen molar-refractivity contribution in [1.29, 1.82) is 0 Å². The van der Waals surface area contributed by atoms with Crippen molar-refractivity contribution in [2.75, 3.05) is 11.9 Å². The molecule has 0 aliphatic carbocycles. The Hall–Kier alpha value is -2.56. The first-order chi connectivity index (χ1) is 13.6. The van der Waals surface area contributed by atoms with Gasteiger partial charge in [-0.2, -0.15) is 0 Å². The fraction of sp³-hybridized carbons (Fsp3) is 0.167. The predicted molar refractivity (Wildman–Crippen MR) is 114 cm³/mol. The number of anilines is 1. The molecule has 28 heavy (non-hydrogen) atoms. The fourth-order valence-corrected chi connectivity index (χ4v) is 4.74. The summed E-state index contributed by atoms with van der Waals surface area (Å²) >= 11 is 8.18. The molecule has 1 aliphatic heterocycles. The molecule has 1 saturated heterocycles. The zero-order valence-corrected chi connectivity index (χ0v) is 16.9. The molecular formula is C18H14N4O3S3. The maximum absolute atomic E-state index is 12.6. The highest BCUT2D eigenvalue weighted by Gasteiger charge is 2.31. The number of thioether (sulfide) groups is 1. The Morgan fingerprint density at radius 2 is 2.18 bits per heavy atom. The van der Waals surface area contributed by atoms with Crippen LogP contribution in [0.15, 0.2) is 45.2 Å². The number of hydrogen-bond donors (Lipinski definition) is 1. The van der Waals surface area contributed by atoms with Gasteiger partial charge in [-0.1, -0.05) is 36.1 Å². The molecule has 0 saturated carbocycles. The lowest BCUT2D eigenvalue weighted by molar-refractivity contribution is -0.122. The quantitative estimate of drug-likeness (QED) is 0.469. The van der Waals surface area contributed by atoms with Gasteiger partial charge < -0.3 is 5.32 Å². The SMILES string of the molecule is O=C(CCCN1C(=O)/C(=C/c2cccs2)SC1=S)Nc1cccc2nonc12. The van der Waals surface area contributed by atoms with Gasteiger partial charge in [-0.05, 0) is 46.4 Å².